The van der Waals surface area contributed by atoms with Gasteiger partial charge in [0.15, 0.2) is 0 Å². The number of nitrogens with one attached hydrogen (secondary N) is 1. The predicted octanol–water partition coefficient (Wildman–Crippen LogP) is 3.19. The van der Waals surface area contributed by atoms with Gasteiger partial charge in [-0.15, -0.1) is 0 Å². The highest BCUT2D eigenvalue weighted by Gasteiger charge is 1.99. The lowest BCUT2D eigenvalue weighted by Gasteiger charge is -2.10. The Morgan fingerprint density at radius 2 is 2.25 bits per heavy atom. The summed E-state index contributed by atoms with van der Waals surface area (Å²) in [5, 5.41) is 3.97. The van der Waals surface area contributed by atoms with Gasteiger partial charge in [0.2, 0.25) is 0 Å². The van der Waals surface area contributed by atoms with Gasteiger partial charge in [0.1, 0.15) is 12.4 Å². The van der Waals surface area contributed by atoms with E-state index in [2.05, 4.69) is 18.8 Å². The molecule has 0 saturated carbocycles. The van der Waals surface area contributed by atoms with Crippen molar-refractivity contribution in [2.45, 2.75) is 13.8 Å². The quantitative estimate of drug-likeness (QED) is 0.770. The molecule has 0 unspecified atom stereocenters. The molecule has 0 aliphatic heterocycles. The van der Waals surface area contributed by atoms with E-state index in [1.54, 1.807) is 0 Å². The van der Waals surface area contributed by atoms with E-state index in [-0.39, 0.29) is 0 Å². The molecule has 1 aromatic carbocycles. The third-order valence-corrected chi connectivity index (χ3v) is 2.62. The maximum Gasteiger partial charge on any atom is 0.120 e. The van der Waals surface area contributed by atoms with Gasteiger partial charge >= 0.3 is 0 Å². The van der Waals surface area contributed by atoms with E-state index in [4.69, 9.17) is 16.3 Å². The molecule has 2 nitrogen and oxygen atoms in total. The number of likely N-dealkylation sites (N-methyl/N-ethyl adjacent to an activating group) is 1. The van der Waals surface area contributed by atoms with Crippen LogP contribution in [0.15, 0.2) is 30.4 Å². The van der Waals surface area contributed by atoms with Crippen LogP contribution < -0.4 is 10.1 Å². The highest BCUT2D eigenvalue weighted by atomic mass is 35.5. The van der Waals surface area contributed by atoms with Crippen molar-refractivity contribution >= 4 is 11.6 Å². The van der Waals surface area contributed by atoms with Gasteiger partial charge in [-0.3, -0.25) is 0 Å². The van der Waals surface area contributed by atoms with Crippen molar-refractivity contribution in [3.8, 4) is 5.75 Å². The van der Waals surface area contributed by atoms with Gasteiger partial charge in [0.05, 0.1) is 0 Å². The van der Waals surface area contributed by atoms with Crippen molar-refractivity contribution in [3.05, 3.63) is 40.9 Å². The summed E-state index contributed by atoms with van der Waals surface area (Å²) in [6.45, 7) is 10.2. The zero-order valence-corrected chi connectivity index (χ0v) is 10.6. The maximum atomic E-state index is 5.93. The predicted molar refractivity (Wildman–Crippen MR) is 69.4 cm³/mol. The lowest BCUT2D eigenvalue weighted by atomic mass is 10.2. The molecule has 0 aliphatic rings. The molecule has 16 heavy (non-hydrogen) atoms. The Kier molecular flexibility index (Phi) is 5.36. The summed E-state index contributed by atoms with van der Waals surface area (Å²) in [5.41, 5.74) is 2.06. The van der Waals surface area contributed by atoms with Crippen LogP contribution in [0.5, 0.6) is 5.75 Å². The molecule has 0 fully saturated rings. The number of ether oxygens (including phenoxy) is 1. The molecule has 3 heteroatoms. The Morgan fingerprint density at radius 3 is 2.88 bits per heavy atom. The van der Waals surface area contributed by atoms with Gasteiger partial charge in [-0.2, -0.15) is 0 Å². The second-order valence-electron chi connectivity index (χ2n) is 3.73. The molecule has 0 bridgehead atoms. The van der Waals surface area contributed by atoms with Crippen LogP contribution in [0.25, 0.3) is 0 Å². The van der Waals surface area contributed by atoms with Crippen LogP contribution in [0, 0.1) is 6.92 Å². The van der Waals surface area contributed by atoms with Crippen molar-refractivity contribution in [1.29, 1.82) is 0 Å². The highest BCUT2D eigenvalue weighted by molar-refractivity contribution is 6.31. The third-order valence-electron chi connectivity index (χ3n) is 2.20. The van der Waals surface area contributed by atoms with Crippen LogP contribution in [0.2, 0.25) is 5.02 Å². The molecule has 1 N–H and O–H groups in total. The van der Waals surface area contributed by atoms with E-state index in [1.165, 1.54) is 0 Å². The van der Waals surface area contributed by atoms with E-state index in [9.17, 15) is 0 Å². The zero-order chi connectivity index (χ0) is 12.0. The molecule has 0 spiro atoms. The third kappa shape index (κ3) is 4.25. The maximum absolute atomic E-state index is 5.93. The van der Waals surface area contributed by atoms with Gasteiger partial charge in [-0.1, -0.05) is 25.1 Å². The number of rotatable bonds is 6. The van der Waals surface area contributed by atoms with Crippen molar-refractivity contribution in [2.24, 2.45) is 0 Å². The minimum Gasteiger partial charge on any atom is -0.489 e. The molecule has 0 heterocycles. The number of benzene rings is 1. The molecule has 1 rings (SSSR count). The van der Waals surface area contributed by atoms with Crippen LogP contribution in [0.4, 0.5) is 0 Å². The highest BCUT2D eigenvalue weighted by Crippen LogP contribution is 2.21. The average molecular weight is 240 g/mol. The first-order valence-electron chi connectivity index (χ1n) is 5.39. The fraction of sp³-hybridized carbons (Fsp3) is 0.385. The molecule has 0 saturated heterocycles. The summed E-state index contributed by atoms with van der Waals surface area (Å²) < 4.78 is 5.60. The van der Waals surface area contributed by atoms with E-state index in [1.807, 2.05) is 25.1 Å². The zero-order valence-electron chi connectivity index (χ0n) is 9.85. The summed E-state index contributed by atoms with van der Waals surface area (Å²) in [6, 6.07) is 5.65. The minimum atomic E-state index is 0.536. The first-order valence-corrected chi connectivity index (χ1v) is 5.77. The van der Waals surface area contributed by atoms with E-state index >= 15 is 0 Å². The SMILES string of the molecule is C=C(CNCC)COc1ccc(Cl)c(C)c1. The first kappa shape index (κ1) is 13.1. The fourth-order valence-corrected chi connectivity index (χ4v) is 1.36. The summed E-state index contributed by atoms with van der Waals surface area (Å²) in [7, 11) is 0. The van der Waals surface area contributed by atoms with Crippen LogP contribution in [0.3, 0.4) is 0 Å². The van der Waals surface area contributed by atoms with Crippen LogP contribution in [-0.4, -0.2) is 19.7 Å². The van der Waals surface area contributed by atoms with Crippen molar-refractivity contribution < 1.29 is 4.74 Å². The number of aryl methyl sites for hydroxylation is 1. The average Bonchev–Trinajstić information content (AvgIpc) is 2.28. The number of hydrogen-bond donors (Lipinski definition) is 1. The Hall–Kier alpha value is -0.990. The number of hydrogen-bond acceptors (Lipinski definition) is 2. The normalized spacial score (nSPS) is 10.2. The topological polar surface area (TPSA) is 21.3 Å². The van der Waals surface area contributed by atoms with Crippen molar-refractivity contribution in [3.63, 3.8) is 0 Å². The smallest absolute Gasteiger partial charge is 0.120 e. The molecule has 0 radical (unpaired) electrons. The molecule has 0 amide bonds. The summed E-state index contributed by atoms with van der Waals surface area (Å²) >= 11 is 5.93. The van der Waals surface area contributed by atoms with Crippen molar-refractivity contribution in [1.82, 2.24) is 5.32 Å². The van der Waals surface area contributed by atoms with Crippen LogP contribution >= 0.6 is 11.6 Å². The second kappa shape index (κ2) is 6.56. The number of halogens is 1. The van der Waals surface area contributed by atoms with Gasteiger partial charge in [0, 0.05) is 11.6 Å². The van der Waals surface area contributed by atoms with Crippen molar-refractivity contribution in [2.75, 3.05) is 19.7 Å². The van der Waals surface area contributed by atoms with Gasteiger partial charge in [-0.25, -0.2) is 0 Å². The van der Waals surface area contributed by atoms with E-state index < -0.39 is 0 Å². The van der Waals surface area contributed by atoms with Gasteiger partial charge < -0.3 is 10.1 Å². The Balaban J connectivity index is 2.42. The standard InChI is InChI=1S/C13H18ClNO/c1-4-15-8-10(2)9-16-12-5-6-13(14)11(3)7-12/h5-7,15H,2,4,8-9H2,1,3H3. The van der Waals surface area contributed by atoms with Crippen LogP contribution in [-0.2, 0) is 0 Å². The Bertz CT molecular complexity index is 363. The Morgan fingerprint density at radius 1 is 1.50 bits per heavy atom. The lowest BCUT2D eigenvalue weighted by Crippen LogP contribution is -2.18. The molecule has 0 aromatic heterocycles. The summed E-state index contributed by atoms with van der Waals surface area (Å²) in [4.78, 5) is 0. The molecule has 88 valence electrons. The lowest BCUT2D eigenvalue weighted by molar-refractivity contribution is 0.348. The molecule has 0 atom stereocenters. The van der Waals surface area contributed by atoms with E-state index in [0.717, 1.165) is 35.0 Å². The summed E-state index contributed by atoms with van der Waals surface area (Å²) in [6.07, 6.45) is 0. The monoisotopic (exact) mass is 239 g/mol. The fourth-order valence-electron chi connectivity index (χ4n) is 1.25. The molecular formula is C13H18ClNO. The van der Waals surface area contributed by atoms with Crippen LogP contribution in [0.1, 0.15) is 12.5 Å². The van der Waals surface area contributed by atoms with Gasteiger partial charge in [-0.05, 0) is 42.8 Å². The molecule has 1 aromatic rings. The summed E-state index contributed by atoms with van der Waals surface area (Å²) in [5.74, 6) is 0.833. The molecular weight excluding hydrogens is 222 g/mol. The largest absolute Gasteiger partial charge is 0.489 e. The first-order chi connectivity index (χ1) is 7.63. The minimum absolute atomic E-state index is 0.536. The molecule has 0 aliphatic carbocycles. The second-order valence-corrected chi connectivity index (χ2v) is 4.14. The van der Waals surface area contributed by atoms with E-state index in [0.29, 0.717) is 6.61 Å². The Labute approximate surface area is 102 Å². The van der Waals surface area contributed by atoms with Gasteiger partial charge in [0.25, 0.3) is 0 Å².